The van der Waals surface area contributed by atoms with Crippen molar-refractivity contribution in [3.63, 3.8) is 0 Å². The van der Waals surface area contributed by atoms with E-state index >= 15 is 0 Å². The third kappa shape index (κ3) is 9.53. The molecule has 0 aliphatic rings. The van der Waals surface area contributed by atoms with Crippen molar-refractivity contribution in [1.82, 2.24) is 4.90 Å². The predicted molar refractivity (Wildman–Crippen MR) is 146 cm³/mol. The molecule has 0 saturated heterocycles. The van der Waals surface area contributed by atoms with Crippen LogP contribution in [0.25, 0.3) is 0 Å². The molecule has 0 fully saturated rings. The zero-order valence-electron chi connectivity index (χ0n) is 21.2. The zero-order valence-corrected chi connectivity index (χ0v) is 22.8. The average molecular weight is 570 g/mol. The van der Waals surface area contributed by atoms with Crippen LogP contribution in [0, 0.1) is 5.92 Å². The van der Waals surface area contributed by atoms with E-state index in [2.05, 4.69) is 11.8 Å². The highest BCUT2D eigenvalue weighted by Gasteiger charge is 2.34. The van der Waals surface area contributed by atoms with E-state index in [1.165, 1.54) is 6.07 Å². The molecule has 1 N–H and O–H groups in total. The van der Waals surface area contributed by atoms with Crippen LogP contribution in [0.2, 0.25) is 5.02 Å². The molecule has 3 aromatic carbocycles. The van der Waals surface area contributed by atoms with E-state index in [0.717, 1.165) is 11.6 Å². The van der Waals surface area contributed by atoms with Gasteiger partial charge >= 0.3 is 12.1 Å². The molecule has 206 valence electrons. The first-order chi connectivity index (χ1) is 17.5. The minimum absolute atomic E-state index is 0. The van der Waals surface area contributed by atoms with Crippen LogP contribution in [-0.2, 0) is 23.9 Å². The lowest BCUT2D eigenvalue weighted by Crippen LogP contribution is -2.33. The summed E-state index contributed by atoms with van der Waals surface area (Å²) in [7, 11) is 0. The maximum absolute atomic E-state index is 13.4. The second-order valence-corrected chi connectivity index (χ2v) is 9.79. The molecule has 0 bridgehead atoms. The van der Waals surface area contributed by atoms with Gasteiger partial charge in [-0.15, -0.1) is 12.4 Å². The van der Waals surface area contributed by atoms with Crippen molar-refractivity contribution in [3.05, 3.63) is 100 Å². The molecule has 0 aliphatic heterocycles. The van der Waals surface area contributed by atoms with Crippen LogP contribution in [0.3, 0.4) is 0 Å². The third-order valence-corrected chi connectivity index (χ3v) is 6.48. The van der Waals surface area contributed by atoms with Gasteiger partial charge in [-0.05, 0) is 40.8 Å². The molecule has 4 nitrogen and oxygen atoms in total. The van der Waals surface area contributed by atoms with Crippen LogP contribution in [0.4, 0.5) is 13.2 Å². The molecule has 9 heteroatoms. The van der Waals surface area contributed by atoms with Crippen LogP contribution in [0.1, 0.15) is 42.0 Å². The van der Waals surface area contributed by atoms with Gasteiger partial charge in [-0.1, -0.05) is 80.0 Å². The van der Waals surface area contributed by atoms with Crippen molar-refractivity contribution in [2.75, 3.05) is 19.7 Å². The van der Waals surface area contributed by atoms with Crippen LogP contribution in [-0.4, -0.2) is 35.7 Å². The molecule has 0 heterocycles. The van der Waals surface area contributed by atoms with E-state index in [9.17, 15) is 18.0 Å². The maximum Gasteiger partial charge on any atom is 0.417 e. The Bertz CT molecular complexity index is 1180. The fraction of sp³-hybridized carbons (Fsp3) is 0.345. The van der Waals surface area contributed by atoms with Crippen molar-refractivity contribution in [2.45, 2.75) is 38.9 Å². The molecule has 0 radical (unpaired) electrons. The number of aliphatic carboxylic acids is 1. The summed E-state index contributed by atoms with van der Waals surface area (Å²) in [5, 5.41) is 8.74. The van der Waals surface area contributed by atoms with E-state index in [4.69, 9.17) is 21.4 Å². The Morgan fingerprint density at radius 2 is 1.68 bits per heavy atom. The van der Waals surface area contributed by atoms with Crippen molar-refractivity contribution >= 4 is 30.0 Å². The lowest BCUT2D eigenvalue weighted by Gasteiger charge is -2.29. The number of nitrogens with zero attached hydrogens (tertiary/aromatic N) is 1. The number of halogens is 5. The highest BCUT2D eigenvalue weighted by molar-refractivity contribution is 6.32. The van der Waals surface area contributed by atoms with Crippen molar-refractivity contribution in [3.8, 4) is 5.75 Å². The Morgan fingerprint density at radius 3 is 2.34 bits per heavy atom. The molecular formula is C29H32Cl2F3NO3. The van der Waals surface area contributed by atoms with Crippen LogP contribution >= 0.6 is 24.0 Å². The number of benzene rings is 3. The first kappa shape index (κ1) is 31.5. The second-order valence-electron chi connectivity index (χ2n) is 9.42. The summed E-state index contributed by atoms with van der Waals surface area (Å²) in [4.78, 5) is 13.1. The fourth-order valence-corrected chi connectivity index (χ4v) is 4.58. The summed E-state index contributed by atoms with van der Waals surface area (Å²) >= 11 is 6.21. The molecule has 0 saturated carbocycles. The van der Waals surface area contributed by atoms with Gasteiger partial charge in [0.15, 0.2) is 0 Å². The topological polar surface area (TPSA) is 49.8 Å². The Labute approximate surface area is 232 Å². The van der Waals surface area contributed by atoms with Gasteiger partial charge < -0.3 is 9.84 Å². The first-order valence-electron chi connectivity index (χ1n) is 12.1. The summed E-state index contributed by atoms with van der Waals surface area (Å²) in [6.45, 7) is 5.91. The minimum atomic E-state index is -4.52. The van der Waals surface area contributed by atoms with Gasteiger partial charge in [0.25, 0.3) is 0 Å². The highest BCUT2D eigenvalue weighted by atomic mass is 35.5. The number of rotatable bonds is 12. The summed E-state index contributed by atoms with van der Waals surface area (Å²) < 4.78 is 46.2. The minimum Gasteiger partial charge on any atom is -0.493 e. The van der Waals surface area contributed by atoms with E-state index in [1.807, 2.05) is 37.3 Å². The summed E-state index contributed by atoms with van der Waals surface area (Å²) in [6, 6.07) is 20.9. The van der Waals surface area contributed by atoms with Gasteiger partial charge in [-0.3, -0.25) is 9.69 Å². The molecular weight excluding hydrogens is 538 g/mol. The van der Waals surface area contributed by atoms with Gasteiger partial charge in [0.05, 0.1) is 23.6 Å². The lowest BCUT2D eigenvalue weighted by molar-refractivity contribution is -0.138. The Balaban J connectivity index is 0.00000507. The SMILES string of the molecule is C[C@@H](COc1cccc(CC(=O)O)c1)CN(Cc1cccc(C(F)(F)F)c1Cl)C[C@H](C)c1ccccc1.Cl. The monoisotopic (exact) mass is 569 g/mol. The number of hydrogen-bond acceptors (Lipinski definition) is 3. The molecule has 0 spiro atoms. The van der Waals surface area contributed by atoms with E-state index in [-0.39, 0.29) is 42.2 Å². The second kappa shape index (κ2) is 14.4. The van der Waals surface area contributed by atoms with E-state index in [0.29, 0.717) is 36.6 Å². The molecule has 3 rings (SSSR count). The number of carboxylic acid groups (broad SMARTS) is 1. The van der Waals surface area contributed by atoms with Gasteiger partial charge in [0.1, 0.15) is 5.75 Å². The molecule has 38 heavy (non-hydrogen) atoms. The van der Waals surface area contributed by atoms with Gasteiger partial charge in [0, 0.05) is 25.6 Å². The molecule has 0 aromatic heterocycles. The van der Waals surface area contributed by atoms with Gasteiger partial charge in [0.2, 0.25) is 0 Å². The number of hydrogen-bond donors (Lipinski definition) is 1. The molecule has 2 atom stereocenters. The Morgan fingerprint density at radius 1 is 1.00 bits per heavy atom. The largest absolute Gasteiger partial charge is 0.493 e. The quantitative estimate of drug-likeness (QED) is 0.242. The number of alkyl halides is 3. The predicted octanol–water partition coefficient (Wildman–Crippen LogP) is 7.73. The standard InChI is InChI=1S/C29H31ClF3NO3.ClH/c1-20(19-37-25-12-6-8-22(14-25)15-27(35)36)16-34(17-21(2)23-9-4-3-5-10-23)18-24-11-7-13-26(28(24)30)29(31,32)33;/h3-14,20-21H,15-19H2,1-2H3,(H,35,36);1H/t20-,21+;/m1./s1. The first-order valence-corrected chi connectivity index (χ1v) is 12.5. The van der Waals surface area contributed by atoms with Gasteiger partial charge in [-0.25, -0.2) is 0 Å². The van der Waals surface area contributed by atoms with E-state index in [1.54, 1.807) is 30.3 Å². The van der Waals surface area contributed by atoms with Crippen molar-refractivity contribution < 1.29 is 27.8 Å². The van der Waals surface area contributed by atoms with Crippen molar-refractivity contribution in [2.24, 2.45) is 5.92 Å². The molecule has 0 amide bonds. The molecule has 3 aromatic rings. The normalized spacial score (nSPS) is 13.0. The summed E-state index contributed by atoms with van der Waals surface area (Å²) in [6.07, 6.45) is -4.61. The van der Waals surface area contributed by atoms with Crippen LogP contribution < -0.4 is 4.74 Å². The maximum atomic E-state index is 13.4. The smallest absolute Gasteiger partial charge is 0.417 e. The zero-order chi connectivity index (χ0) is 27.0. The van der Waals surface area contributed by atoms with Gasteiger partial charge in [-0.2, -0.15) is 13.2 Å². The Hall–Kier alpha value is -2.74. The molecule has 0 aliphatic carbocycles. The number of carboxylic acids is 1. The third-order valence-electron chi connectivity index (χ3n) is 6.04. The van der Waals surface area contributed by atoms with Crippen molar-refractivity contribution in [1.29, 1.82) is 0 Å². The number of ether oxygens (including phenoxy) is 1. The fourth-order valence-electron chi connectivity index (χ4n) is 4.29. The summed E-state index contributed by atoms with van der Waals surface area (Å²) in [5.74, 6) is -0.153. The molecule has 0 unspecified atom stereocenters. The lowest BCUT2D eigenvalue weighted by atomic mass is 9.99. The van der Waals surface area contributed by atoms with Crippen LogP contribution in [0.5, 0.6) is 5.75 Å². The Kier molecular flexibility index (Phi) is 11.9. The highest BCUT2D eigenvalue weighted by Crippen LogP contribution is 2.36. The average Bonchev–Trinajstić information content (AvgIpc) is 2.83. The number of carbonyl (C=O) groups is 1. The van der Waals surface area contributed by atoms with E-state index < -0.39 is 17.7 Å². The van der Waals surface area contributed by atoms with Crippen LogP contribution in [0.15, 0.2) is 72.8 Å². The summed E-state index contributed by atoms with van der Waals surface area (Å²) in [5.41, 5.74) is 1.38.